The van der Waals surface area contributed by atoms with Gasteiger partial charge in [-0.15, -0.1) is 0 Å². The van der Waals surface area contributed by atoms with Gasteiger partial charge in [-0.25, -0.2) is 0 Å². The third kappa shape index (κ3) is 2.05. The number of halogens is 1. The van der Waals surface area contributed by atoms with Crippen LogP contribution in [0, 0.1) is 6.92 Å². The molecule has 1 aromatic carbocycles. The summed E-state index contributed by atoms with van der Waals surface area (Å²) in [5, 5.41) is 0.993. The fourth-order valence-corrected chi connectivity index (χ4v) is 2.88. The number of carbonyl (C=O) groups excluding carboxylic acids is 1. The molecule has 3 nitrogen and oxygen atoms in total. The van der Waals surface area contributed by atoms with Gasteiger partial charge in [0.15, 0.2) is 5.76 Å². The third-order valence-corrected chi connectivity index (χ3v) is 4.05. The molecule has 4 heteroatoms. The van der Waals surface area contributed by atoms with Crippen LogP contribution in [-0.2, 0) is 0 Å². The Morgan fingerprint density at radius 2 is 2.28 bits per heavy atom. The van der Waals surface area contributed by atoms with Gasteiger partial charge < -0.3 is 9.32 Å². The van der Waals surface area contributed by atoms with Crippen LogP contribution in [0.15, 0.2) is 28.7 Å². The van der Waals surface area contributed by atoms with Crippen molar-refractivity contribution in [1.29, 1.82) is 0 Å². The molecule has 1 aliphatic heterocycles. The minimum Gasteiger partial charge on any atom is -0.451 e. The van der Waals surface area contributed by atoms with E-state index in [9.17, 15) is 4.79 Å². The van der Waals surface area contributed by atoms with E-state index >= 15 is 0 Å². The van der Waals surface area contributed by atoms with Gasteiger partial charge >= 0.3 is 0 Å². The van der Waals surface area contributed by atoms with Crippen LogP contribution in [0.5, 0.6) is 0 Å². The molecule has 1 unspecified atom stereocenters. The summed E-state index contributed by atoms with van der Waals surface area (Å²) >= 11 is 3.54. The van der Waals surface area contributed by atoms with Crippen molar-refractivity contribution in [3.8, 4) is 0 Å². The standard InChI is InChI=1S/C14H14BrNO2/c1-9-2-3-12-10(6-9)7-13(18-12)14(17)16-5-4-11(15)8-16/h2-3,6-7,11H,4-5,8H2,1H3. The minimum atomic E-state index is -0.00852. The van der Waals surface area contributed by atoms with E-state index in [1.165, 1.54) is 5.56 Å². The molecule has 0 spiro atoms. The largest absolute Gasteiger partial charge is 0.451 e. The van der Waals surface area contributed by atoms with Crippen LogP contribution in [0.1, 0.15) is 22.5 Å². The Morgan fingerprint density at radius 3 is 3.00 bits per heavy atom. The number of furan rings is 1. The zero-order chi connectivity index (χ0) is 12.7. The molecule has 1 aromatic heterocycles. The van der Waals surface area contributed by atoms with Crippen LogP contribution >= 0.6 is 15.9 Å². The predicted molar refractivity (Wildman–Crippen MR) is 74.2 cm³/mol. The van der Waals surface area contributed by atoms with Gasteiger partial charge in [0.2, 0.25) is 0 Å². The van der Waals surface area contributed by atoms with Gasteiger partial charge in [-0.3, -0.25) is 4.79 Å². The van der Waals surface area contributed by atoms with Gasteiger partial charge in [0.05, 0.1) is 0 Å². The van der Waals surface area contributed by atoms with E-state index in [2.05, 4.69) is 15.9 Å². The van der Waals surface area contributed by atoms with E-state index in [0.29, 0.717) is 10.6 Å². The summed E-state index contributed by atoms with van der Waals surface area (Å²) in [4.78, 5) is 14.5. The normalized spacial score (nSPS) is 19.7. The Labute approximate surface area is 114 Å². The van der Waals surface area contributed by atoms with E-state index in [1.54, 1.807) is 0 Å². The molecule has 2 heterocycles. The van der Waals surface area contributed by atoms with Gasteiger partial charge in [0, 0.05) is 23.3 Å². The second-order valence-corrected chi connectivity index (χ2v) is 6.08. The highest BCUT2D eigenvalue weighted by atomic mass is 79.9. The first-order chi connectivity index (χ1) is 8.63. The highest BCUT2D eigenvalue weighted by Gasteiger charge is 2.27. The van der Waals surface area contributed by atoms with E-state index in [0.717, 1.165) is 30.5 Å². The zero-order valence-electron chi connectivity index (χ0n) is 10.1. The molecular formula is C14H14BrNO2. The highest BCUT2D eigenvalue weighted by molar-refractivity contribution is 9.09. The number of nitrogens with zero attached hydrogens (tertiary/aromatic N) is 1. The quantitative estimate of drug-likeness (QED) is 0.757. The van der Waals surface area contributed by atoms with Crippen LogP contribution in [0.3, 0.4) is 0 Å². The summed E-state index contributed by atoms with van der Waals surface area (Å²) in [7, 11) is 0. The third-order valence-electron chi connectivity index (χ3n) is 3.30. The fraction of sp³-hybridized carbons (Fsp3) is 0.357. The number of hydrogen-bond acceptors (Lipinski definition) is 2. The SMILES string of the molecule is Cc1ccc2oc(C(=O)N3CCC(Br)C3)cc2c1. The van der Waals surface area contributed by atoms with Crippen molar-refractivity contribution in [3.05, 3.63) is 35.6 Å². The maximum absolute atomic E-state index is 12.3. The van der Waals surface area contributed by atoms with E-state index in [-0.39, 0.29) is 5.91 Å². The van der Waals surface area contributed by atoms with Gasteiger partial charge in [0.25, 0.3) is 5.91 Å². The summed E-state index contributed by atoms with van der Waals surface area (Å²) in [5.74, 6) is 0.433. The Bertz CT molecular complexity index is 605. The van der Waals surface area contributed by atoms with Gasteiger partial charge in [-0.1, -0.05) is 27.6 Å². The molecule has 3 rings (SSSR count). The molecule has 0 aliphatic carbocycles. The highest BCUT2D eigenvalue weighted by Crippen LogP contribution is 2.24. The molecule has 1 aliphatic rings. The summed E-state index contributed by atoms with van der Waals surface area (Å²) in [6.07, 6.45) is 1.01. The maximum atomic E-state index is 12.3. The summed E-state index contributed by atoms with van der Waals surface area (Å²) < 4.78 is 5.63. The molecule has 1 fully saturated rings. The lowest BCUT2D eigenvalue weighted by Gasteiger charge is -2.13. The Balaban J connectivity index is 1.92. The number of hydrogen-bond donors (Lipinski definition) is 0. The molecule has 18 heavy (non-hydrogen) atoms. The molecule has 1 saturated heterocycles. The number of fused-ring (bicyclic) bond motifs is 1. The van der Waals surface area contributed by atoms with Crippen molar-refractivity contribution in [1.82, 2.24) is 4.90 Å². The second kappa shape index (κ2) is 4.43. The number of carbonyl (C=O) groups is 1. The lowest BCUT2D eigenvalue weighted by molar-refractivity contribution is 0.0764. The number of alkyl halides is 1. The van der Waals surface area contributed by atoms with Crippen LogP contribution < -0.4 is 0 Å². The summed E-state index contributed by atoms with van der Waals surface area (Å²) in [5.41, 5.74) is 1.95. The van der Waals surface area contributed by atoms with Crippen molar-refractivity contribution in [2.45, 2.75) is 18.2 Å². The lowest BCUT2D eigenvalue weighted by atomic mass is 10.2. The maximum Gasteiger partial charge on any atom is 0.289 e. The van der Waals surface area contributed by atoms with Crippen molar-refractivity contribution in [3.63, 3.8) is 0 Å². The molecule has 1 atom stereocenters. The molecule has 0 N–H and O–H groups in total. The zero-order valence-corrected chi connectivity index (χ0v) is 11.7. The molecule has 1 amide bonds. The monoisotopic (exact) mass is 307 g/mol. The number of likely N-dealkylation sites (tertiary alicyclic amines) is 1. The average molecular weight is 308 g/mol. The lowest BCUT2D eigenvalue weighted by Crippen LogP contribution is -2.28. The second-order valence-electron chi connectivity index (χ2n) is 4.79. The predicted octanol–water partition coefficient (Wildman–Crippen LogP) is 3.35. The van der Waals surface area contributed by atoms with Crippen molar-refractivity contribution >= 4 is 32.8 Å². The van der Waals surface area contributed by atoms with Crippen molar-refractivity contribution in [2.75, 3.05) is 13.1 Å². The Morgan fingerprint density at radius 1 is 1.44 bits per heavy atom. The minimum absolute atomic E-state index is 0.00852. The first-order valence-electron chi connectivity index (χ1n) is 6.07. The molecule has 0 bridgehead atoms. The average Bonchev–Trinajstić information content (AvgIpc) is 2.93. The number of benzene rings is 1. The Kier molecular flexibility index (Phi) is 2.90. The molecule has 0 radical (unpaired) electrons. The smallest absolute Gasteiger partial charge is 0.289 e. The fourth-order valence-electron chi connectivity index (χ4n) is 2.33. The van der Waals surface area contributed by atoms with E-state index in [1.807, 2.05) is 36.1 Å². The number of aryl methyl sites for hydroxylation is 1. The van der Waals surface area contributed by atoms with Crippen molar-refractivity contribution in [2.24, 2.45) is 0 Å². The Hall–Kier alpha value is -1.29. The molecule has 2 aromatic rings. The van der Waals surface area contributed by atoms with Crippen LogP contribution in [-0.4, -0.2) is 28.7 Å². The van der Waals surface area contributed by atoms with Crippen LogP contribution in [0.4, 0.5) is 0 Å². The molecular weight excluding hydrogens is 294 g/mol. The number of amides is 1. The molecule has 0 saturated carbocycles. The first-order valence-corrected chi connectivity index (χ1v) is 6.98. The van der Waals surface area contributed by atoms with Crippen LogP contribution in [0.25, 0.3) is 11.0 Å². The van der Waals surface area contributed by atoms with Gasteiger partial charge in [-0.05, 0) is 31.5 Å². The topological polar surface area (TPSA) is 33.5 Å². The number of rotatable bonds is 1. The molecule has 94 valence electrons. The first kappa shape index (κ1) is 11.8. The van der Waals surface area contributed by atoms with Gasteiger partial charge in [0.1, 0.15) is 5.58 Å². The summed E-state index contributed by atoms with van der Waals surface area (Å²) in [6, 6.07) is 7.78. The summed E-state index contributed by atoms with van der Waals surface area (Å²) in [6.45, 7) is 3.59. The van der Waals surface area contributed by atoms with Crippen LogP contribution in [0.2, 0.25) is 0 Å². The van der Waals surface area contributed by atoms with Crippen molar-refractivity contribution < 1.29 is 9.21 Å². The van der Waals surface area contributed by atoms with E-state index in [4.69, 9.17) is 4.42 Å². The van der Waals surface area contributed by atoms with E-state index < -0.39 is 0 Å². The van der Waals surface area contributed by atoms with Gasteiger partial charge in [-0.2, -0.15) is 0 Å².